The largest absolute Gasteiger partial charge is 0.497 e. The maximum absolute atomic E-state index is 12.8. The van der Waals surface area contributed by atoms with Crippen molar-refractivity contribution in [3.05, 3.63) is 78.5 Å². The van der Waals surface area contributed by atoms with Gasteiger partial charge >= 0.3 is 0 Å². The number of hydrogen-bond donors (Lipinski definition) is 2. The van der Waals surface area contributed by atoms with E-state index in [9.17, 15) is 9.59 Å². The van der Waals surface area contributed by atoms with Gasteiger partial charge < -0.3 is 24.4 Å². The van der Waals surface area contributed by atoms with Crippen molar-refractivity contribution >= 4 is 28.5 Å². The van der Waals surface area contributed by atoms with Gasteiger partial charge in [0.2, 0.25) is 5.91 Å². The lowest BCUT2D eigenvalue weighted by atomic mass is 10.2. The number of carbonyl (C=O) groups is 2. The first-order chi connectivity index (χ1) is 15.0. The molecule has 1 atom stereocenters. The van der Waals surface area contributed by atoms with E-state index in [4.69, 9.17) is 9.15 Å². The molecule has 4 aromatic rings. The summed E-state index contributed by atoms with van der Waals surface area (Å²) in [5.41, 5.74) is 2.21. The average molecular weight is 418 g/mol. The number of anilines is 1. The topological polar surface area (TPSA) is 98.4 Å². The van der Waals surface area contributed by atoms with Crippen LogP contribution in [0.5, 0.6) is 5.75 Å². The second kappa shape index (κ2) is 8.74. The van der Waals surface area contributed by atoms with Gasteiger partial charge in [0.15, 0.2) is 5.76 Å². The van der Waals surface area contributed by atoms with Gasteiger partial charge in [0, 0.05) is 5.69 Å². The molecule has 2 aromatic carbocycles. The Hall–Kier alpha value is -4.07. The summed E-state index contributed by atoms with van der Waals surface area (Å²) >= 11 is 0. The van der Waals surface area contributed by atoms with Crippen LogP contribution in [0.4, 0.5) is 5.69 Å². The molecule has 158 valence electrons. The van der Waals surface area contributed by atoms with Crippen LogP contribution in [0.1, 0.15) is 29.3 Å². The van der Waals surface area contributed by atoms with Crippen molar-refractivity contribution in [2.75, 3.05) is 12.4 Å². The van der Waals surface area contributed by atoms with Gasteiger partial charge in [-0.2, -0.15) is 0 Å². The summed E-state index contributed by atoms with van der Waals surface area (Å²) in [6.45, 7) is 1.86. The number of aromatic nitrogens is 2. The Bertz CT molecular complexity index is 1200. The molecule has 0 aliphatic heterocycles. The molecule has 1 unspecified atom stereocenters. The first-order valence-electron chi connectivity index (χ1n) is 9.78. The van der Waals surface area contributed by atoms with Crippen molar-refractivity contribution in [1.82, 2.24) is 14.9 Å². The van der Waals surface area contributed by atoms with Crippen LogP contribution in [0.25, 0.3) is 11.0 Å². The molecular weight excluding hydrogens is 396 g/mol. The lowest BCUT2D eigenvalue weighted by Gasteiger charge is -2.16. The second-order valence-corrected chi connectivity index (χ2v) is 6.99. The van der Waals surface area contributed by atoms with E-state index < -0.39 is 6.04 Å². The normalized spacial score (nSPS) is 11.8. The Morgan fingerprint density at radius 1 is 1.10 bits per heavy atom. The van der Waals surface area contributed by atoms with Crippen molar-refractivity contribution < 1.29 is 18.7 Å². The highest BCUT2D eigenvalue weighted by Gasteiger charge is 2.21. The number of carbonyl (C=O) groups excluding carboxylic acids is 2. The molecule has 2 amide bonds. The first kappa shape index (κ1) is 20.2. The number of para-hydroxylation sites is 2. The second-order valence-electron chi connectivity index (χ2n) is 6.99. The molecule has 0 radical (unpaired) electrons. The predicted octanol–water partition coefficient (Wildman–Crippen LogP) is 3.77. The van der Waals surface area contributed by atoms with Gasteiger partial charge in [-0.15, -0.1) is 0 Å². The van der Waals surface area contributed by atoms with Crippen molar-refractivity contribution in [3.8, 4) is 5.75 Å². The van der Waals surface area contributed by atoms with E-state index in [1.807, 2.05) is 31.2 Å². The third-order valence-corrected chi connectivity index (χ3v) is 4.84. The minimum atomic E-state index is -0.446. The highest BCUT2D eigenvalue weighted by atomic mass is 16.5. The van der Waals surface area contributed by atoms with Gasteiger partial charge in [-0.3, -0.25) is 9.59 Å². The Labute approximate surface area is 178 Å². The molecule has 2 heterocycles. The number of furan rings is 1. The van der Waals surface area contributed by atoms with Gasteiger partial charge in [0.1, 0.15) is 18.1 Å². The molecule has 0 fully saturated rings. The van der Waals surface area contributed by atoms with Gasteiger partial charge in [0.05, 0.1) is 30.4 Å². The highest BCUT2D eigenvalue weighted by Crippen LogP contribution is 2.22. The molecular formula is C23H22N4O4. The third kappa shape index (κ3) is 4.42. The fourth-order valence-corrected chi connectivity index (χ4v) is 3.35. The molecule has 31 heavy (non-hydrogen) atoms. The number of nitrogens with one attached hydrogen (secondary N) is 2. The van der Waals surface area contributed by atoms with Crippen molar-refractivity contribution in [1.29, 1.82) is 0 Å². The zero-order valence-electron chi connectivity index (χ0n) is 17.2. The van der Waals surface area contributed by atoms with E-state index >= 15 is 0 Å². The van der Waals surface area contributed by atoms with E-state index in [2.05, 4.69) is 15.6 Å². The van der Waals surface area contributed by atoms with E-state index in [0.29, 0.717) is 17.3 Å². The van der Waals surface area contributed by atoms with E-state index in [1.54, 1.807) is 48.1 Å². The molecule has 0 aliphatic rings. The number of rotatable bonds is 7. The zero-order valence-corrected chi connectivity index (χ0v) is 17.2. The molecule has 0 saturated heterocycles. The van der Waals surface area contributed by atoms with Crippen LogP contribution >= 0.6 is 0 Å². The molecule has 0 aliphatic carbocycles. The van der Waals surface area contributed by atoms with E-state index in [1.165, 1.54) is 6.26 Å². The predicted molar refractivity (Wildman–Crippen MR) is 116 cm³/mol. The summed E-state index contributed by atoms with van der Waals surface area (Å²) in [5.74, 6) is 0.942. The summed E-state index contributed by atoms with van der Waals surface area (Å²) in [7, 11) is 1.59. The van der Waals surface area contributed by atoms with Crippen LogP contribution in [0, 0.1) is 0 Å². The number of methoxy groups -OCH3 is 1. The third-order valence-electron chi connectivity index (χ3n) is 4.84. The minimum Gasteiger partial charge on any atom is -0.497 e. The molecule has 0 saturated carbocycles. The van der Waals surface area contributed by atoms with Crippen LogP contribution < -0.4 is 15.4 Å². The lowest BCUT2D eigenvalue weighted by molar-refractivity contribution is -0.116. The smallest absolute Gasteiger partial charge is 0.287 e. The molecule has 2 N–H and O–H groups in total. The van der Waals surface area contributed by atoms with Crippen LogP contribution in [0.3, 0.4) is 0 Å². The Morgan fingerprint density at radius 2 is 1.87 bits per heavy atom. The van der Waals surface area contributed by atoms with Crippen LogP contribution in [-0.2, 0) is 11.3 Å². The molecule has 4 rings (SSSR count). The average Bonchev–Trinajstić information content (AvgIpc) is 3.43. The van der Waals surface area contributed by atoms with Gasteiger partial charge in [-0.1, -0.05) is 12.1 Å². The number of benzene rings is 2. The molecule has 8 nitrogen and oxygen atoms in total. The van der Waals surface area contributed by atoms with Crippen molar-refractivity contribution in [2.24, 2.45) is 0 Å². The fourth-order valence-electron chi connectivity index (χ4n) is 3.35. The van der Waals surface area contributed by atoms with Crippen LogP contribution in [0.15, 0.2) is 71.3 Å². The van der Waals surface area contributed by atoms with Crippen LogP contribution in [0.2, 0.25) is 0 Å². The number of fused-ring (bicyclic) bond motifs is 1. The maximum Gasteiger partial charge on any atom is 0.287 e. The van der Waals surface area contributed by atoms with E-state index in [0.717, 1.165) is 11.0 Å². The molecule has 2 aromatic heterocycles. The Balaban J connectivity index is 1.57. The SMILES string of the molecule is COc1ccc(NC(=O)Cn2c(C(C)NC(=O)c3ccco3)nc3ccccc32)cc1. The van der Waals surface area contributed by atoms with Gasteiger partial charge in [-0.25, -0.2) is 4.98 Å². The monoisotopic (exact) mass is 418 g/mol. The zero-order chi connectivity index (χ0) is 21.8. The Morgan fingerprint density at radius 3 is 2.58 bits per heavy atom. The maximum atomic E-state index is 12.8. The highest BCUT2D eigenvalue weighted by molar-refractivity contribution is 5.92. The summed E-state index contributed by atoms with van der Waals surface area (Å²) in [6, 6.07) is 17.4. The summed E-state index contributed by atoms with van der Waals surface area (Å²) in [4.78, 5) is 29.8. The number of amides is 2. The van der Waals surface area contributed by atoms with Crippen LogP contribution in [-0.4, -0.2) is 28.5 Å². The fraction of sp³-hybridized carbons (Fsp3) is 0.174. The lowest BCUT2D eigenvalue weighted by Crippen LogP contribution is -2.29. The number of ether oxygens (including phenoxy) is 1. The number of hydrogen-bond acceptors (Lipinski definition) is 5. The minimum absolute atomic E-state index is 0.0445. The Kier molecular flexibility index (Phi) is 5.70. The summed E-state index contributed by atoms with van der Waals surface area (Å²) in [5, 5.41) is 5.75. The summed E-state index contributed by atoms with van der Waals surface area (Å²) < 4.78 is 12.1. The van der Waals surface area contributed by atoms with E-state index in [-0.39, 0.29) is 24.1 Å². The quantitative estimate of drug-likeness (QED) is 0.476. The van der Waals surface area contributed by atoms with Gasteiger partial charge in [0.25, 0.3) is 5.91 Å². The number of imidazole rings is 1. The molecule has 0 bridgehead atoms. The summed E-state index contributed by atoms with van der Waals surface area (Å²) in [6.07, 6.45) is 1.44. The number of nitrogens with zero attached hydrogens (tertiary/aromatic N) is 2. The van der Waals surface area contributed by atoms with Gasteiger partial charge in [-0.05, 0) is 55.5 Å². The van der Waals surface area contributed by atoms with Crippen molar-refractivity contribution in [3.63, 3.8) is 0 Å². The van der Waals surface area contributed by atoms with Crippen molar-refractivity contribution in [2.45, 2.75) is 19.5 Å². The molecule has 0 spiro atoms. The standard InChI is InChI=1S/C23H22N4O4/c1-15(24-23(29)20-8-5-13-31-20)22-26-18-6-3-4-7-19(18)27(22)14-21(28)25-16-9-11-17(30-2)12-10-16/h3-13,15H,14H2,1-2H3,(H,24,29)(H,25,28). The molecule has 8 heteroatoms. The first-order valence-corrected chi connectivity index (χ1v) is 9.78.